The van der Waals surface area contributed by atoms with Gasteiger partial charge in [-0.1, -0.05) is 0 Å². The van der Waals surface area contributed by atoms with E-state index in [0.717, 1.165) is 21.5 Å². The van der Waals surface area contributed by atoms with Crippen molar-refractivity contribution in [2.24, 2.45) is 0 Å². The van der Waals surface area contributed by atoms with Crippen molar-refractivity contribution in [1.82, 2.24) is 19.3 Å². The summed E-state index contributed by atoms with van der Waals surface area (Å²) >= 11 is 0. The monoisotopic (exact) mass is 374 g/mol. The van der Waals surface area contributed by atoms with Gasteiger partial charge < -0.3 is 4.74 Å². The van der Waals surface area contributed by atoms with Crippen LogP contribution in [0.1, 0.15) is 36.0 Å². The fraction of sp³-hybridized carbons (Fsp3) is 0.467. The maximum absolute atomic E-state index is 14.1. The maximum atomic E-state index is 14.1. The zero-order chi connectivity index (χ0) is 19.1. The molecule has 0 aliphatic carbocycles. The summed E-state index contributed by atoms with van der Waals surface area (Å²) < 4.78 is 59.1. The molecule has 11 heteroatoms. The Bertz CT molecular complexity index is 903. The maximum Gasteiger partial charge on any atom is 0.436 e. The van der Waals surface area contributed by atoms with Gasteiger partial charge >= 0.3 is 17.8 Å². The Labute approximate surface area is 144 Å². The molecule has 0 fully saturated rings. The number of carbonyl (C=O) groups is 1. The molecule has 0 bridgehead atoms. The lowest BCUT2D eigenvalue weighted by Gasteiger charge is -2.20. The van der Waals surface area contributed by atoms with Gasteiger partial charge in [0.15, 0.2) is 11.5 Å². The number of pyridine rings is 1. The smallest absolute Gasteiger partial charge is 0.436 e. The second kappa shape index (κ2) is 6.54. The summed E-state index contributed by atoms with van der Waals surface area (Å²) in [7, 11) is 1.19. The number of esters is 1. The number of aromatic nitrogens is 4. The molecule has 0 radical (unpaired) electrons. The number of methoxy groups -OCH3 is 1. The van der Waals surface area contributed by atoms with Crippen molar-refractivity contribution in [1.29, 1.82) is 0 Å². The highest BCUT2D eigenvalue weighted by molar-refractivity contribution is 5.74. The van der Waals surface area contributed by atoms with E-state index in [1.807, 2.05) is 0 Å². The number of rotatable bonds is 3. The molecule has 0 saturated carbocycles. The number of fused-ring (bicyclic) bond motifs is 1. The van der Waals surface area contributed by atoms with E-state index >= 15 is 0 Å². The molecule has 0 aromatic carbocycles. The van der Waals surface area contributed by atoms with Gasteiger partial charge in [0.25, 0.3) is 0 Å². The highest BCUT2D eigenvalue weighted by atomic mass is 19.4. The van der Waals surface area contributed by atoms with E-state index in [1.165, 1.54) is 7.11 Å². The van der Waals surface area contributed by atoms with Crippen molar-refractivity contribution >= 4 is 5.97 Å². The van der Waals surface area contributed by atoms with Crippen LogP contribution in [0.25, 0.3) is 0 Å². The number of alkyl halides is 3. The first-order valence-corrected chi connectivity index (χ1v) is 7.70. The summed E-state index contributed by atoms with van der Waals surface area (Å²) in [6, 6.07) is 0.200. The molecule has 26 heavy (non-hydrogen) atoms. The summed E-state index contributed by atoms with van der Waals surface area (Å²) in [5.74, 6) is -1.86. The number of halogens is 4. The van der Waals surface area contributed by atoms with E-state index in [2.05, 4.69) is 14.8 Å². The van der Waals surface area contributed by atoms with Crippen LogP contribution >= 0.6 is 0 Å². The fourth-order valence-electron chi connectivity index (χ4n) is 2.96. The molecular formula is C15H14F4N4O3. The van der Waals surface area contributed by atoms with E-state index in [0.29, 0.717) is 25.1 Å². The molecule has 0 saturated heterocycles. The molecule has 140 valence electrons. The Morgan fingerprint density at radius 2 is 2.15 bits per heavy atom. The molecule has 0 spiro atoms. The minimum atomic E-state index is -4.95. The normalized spacial score (nSPS) is 17.0. The molecule has 1 aliphatic heterocycles. The lowest BCUT2D eigenvalue weighted by Crippen LogP contribution is -2.35. The number of carbonyl (C=O) groups excluding carboxylic acids is 1. The van der Waals surface area contributed by atoms with E-state index < -0.39 is 41.9 Å². The van der Waals surface area contributed by atoms with Gasteiger partial charge in [0.1, 0.15) is 11.9 Å². The van der Waals surface area contributed by atoms with E-state index in [1.54, 1.807) is 0 Å². The number of ether oxygens (including phenoxy) is 1. The van der Waals surface area contributed by atoms with Crippen LogP contribution in [0.3, 0.4) is 0 Å². The van der Waals surface area contributed by atoms with Gasteiger partial charge in [0.05, 0.1) is 13.7 Å². The van der Waals surface area contributed by atoms with Crippen LogP contribution in [-0.2, 0) is 28.7 Å². The Morgan fingerprint density at radius 3 is 2.81 bits per heavy atom. The quantitative estimate of drug-likeness (QED) is 0.604. The lowest BCUT2D eigenvalue weighted by molar-refractivity contribution is -0.145. The molecule has 0 unspecified atom stereocenters. The van der Waals surface area contributed by atoms with Crippen LogP contribution in [-0.4, -0.2) is 32.4 Å². The Balaban J connectivity index is 2.00. The molecule has 1 atom stereocenters. The highest BCUT2D eigenvalue weighted by Gasteiger charge is 2.37. The molecule has 2 aromatic heterocycles. The number of nitrogens with zero attached hydrogens (tertiary/aromatic N) is 4. The lowest BCUT2D eigenvalue weighted by atomic mass is 10.1. The van der Waals surface area contributed by atoms with Crippen LogP contribution in [0.5, 0.6) is 0 Å². The second-order valence-corrected chi connectivity index (χ2v) is 5.79. The predicted molar refractivity (Wildman–Crippen MR) is 78.8 cm³/mol. The van der Waals surface area contributed by atoms with Crippen molar-refractivity contribution in [2.75, 3.05) is 7.11 Å². The Hall–Kier alpha value is -2.72. The molecule has 7 nitrogen and oxygen atoms in total. The highest BCUT2D eigenvalue weighted by Crippen LogP contribution is 2.30. The third-order valence-electron chi connectivity index (χ3n) is 4.16. The van der Waals surface area contributed by atoms with Gasteiger partial charge in [-0.15, -0.1) is 0 Å². The van der Waals surface area contributed by atoms with Crippen LogP contribution in [0, 0.1) is 5.82 Å². The van der Waals surface area contributed by atoms with Gasteiger partial charge in [-0.3, -0.25) is 4.57 Å². The molecule has 1 aliphatic rings. The van der Waals surface area contributed by atoms with Crippen molar-refractivity contribution in [3.05, 3.63) is 45.6 Å². The predicted octanol–water partition coefficient (Wildman–Crippen LogP) is 1.70. The largest absolute Gasteiger partial charge is 0.467 e. The topological polar surface area (TPSA) is 79.0 Å². The number of hydrogen-bond donors (Lipinski definition) is 0. The summed E-state index contributed by atoms with van der Waals surface area (Å²) in [4.78, 5) is 27.4. The first-order chi connectivity index (χ1) is 12.2. The third-order valence-corrected chi connectivity index (χ3v) is 4.16. The van der Waals surface area contributed by atoms with Crippen LogP contribution in [0.15, 0.2) is 17.1 Å². The van der Waals surface area contributed by atoms with E-state index in [4.69, 9.17) is 0 Å². The molecule has 0 amide bonds. The summed E-state index contributed by atoms with van der Waals surface area (Å²) in [5.41, 5.74) is -2.74. The van der Waals surface area contributed by atoms with E-state index in [-0.39, 0.29) is 5.56 Å². The van der Waals surface area contributed by atoms with E-state index in [9.17, 15) is 27.2 Å². The summed E-state index contributed by atoms with van der Waals surface area (Å²) in [5, 5.41) is 4.04. The minimum Gasteiger partial charge on any atom is -0.467 e. The van der Waals surface area contributed by atoms with Gasteiger partial charge in [-0.05, 0) is 18.9 Å². The Kier molecular flexibility index (Phi) is 4.55. The standard InChI is InChI=1S/C15H14F4N4O3/c1-26-13(24)9-3-2-4-10-21-22(14(25)23(9)10)7-8-5-6-20-12(11(8)16)15(17,18)19/h5-6,9H,2-4,7H2,1H3/t9-/m1/s1. The van der Waals surface area contributed by atoms with Crippen LogP contribution in [0.4, 0.5) is 17.6 Å². The third kappa shape index (κ3) is 3.08. The minimum absolute atomic E-state index is 0.308. The summed E-state index contributed by atoms with van der Waals surface area (Å²) in [6.45, 7) is -0.510. The fourth-order valence-corrected chi connectivity index (χ4v) is 2.96. The van der Waals surface area contributed by atoms with Gasteiger partial charge in [0, 0.05) is 18.2 Å². The summed E-state index contributed by atoms with van der Waals surface area (Å²) in [6.07, 6.45) is -2.73. The van der Waals surface area contributed by atoms with Crippen LogP contribution in [0.2, 0.25) is 0 Å². The zero-order valence-electron chi connectivity index (χ0n) is 13.6. The van der Waals surface area contributed by atoms with Crippen molar-refractivity contribution in [3.8, 4) is 0 Å². The van der Waals surface area contributed by atoms with Crippen LogP contribution < -0.4 is 5.69 Å². The average molecular weight is 374 g/mol. The zero-order valence-corrected chi connectivity index (χ0v) is 13.6. The molecule has 0 N–H and O–H groups in total. The van der Waals surface area contributed by atoms with Gasteiger partial charge in [0.2, 0.25) is 0 Å². The van der Waals surface area contributed by atoms with Crippen molar-refractivity contribution < 1.29 is 27.1 Å². The number of hydrogen-bond acceptors (Lipinski definition) is 5. The van der Waals surface area contributed by atoms with Crippen molar-refractivity contribution in [2.45, 2.75) is 38.0 Å². The van der Waals surface area contributed by atoms with Crippen molar-refractivity contribution in [3.63, 3.8) is 0 Å². The SMILES string of the molecule is COC(=O)[C@H]1CCCc2nn(Cc3ccnc(C(F)(F)F)c3F)c(=O)n21. The number of aryl methyl sites for hydroxylation is 1. The second-order valence-electron chi connectivity index (χ2n) is 5.79. The van der Waals surface area contributed by atoms with Gasteiger partial charge in [-0.2, -0.15) is 18.3 Å². The molecule has 3 heterocycles. The first kappa shape index (κ1) is 18.1. The molecular weight excluding hydrogens is 360 g/mol. The first-order valence-electron chi connectivity index (χ1n) is 7.70. The molecule has 3 rings (SSSR count). The Morgan fingerprint density at radius 1 is 1.42 bits per heavy atom. The van der Waals surface area contributed by atoms with Gasteiger partial charge in [-0.25, -0.2) is 23.6 Å². The average Bonchev–Trinajstić information content (AvgIpc) is 2.91. The molecule has 2 aromatic rings.